The van der Waals surface area contributed by atoms with Crippen molar-refractivity contribution in [1.29, 1.82) is 5.26 Å². The quantitative estimate of drug-likeness (QED) is 0.491. The molecule has 3 aromatic rings. The van der Waals surface area contributed by atoms with Gasteiger partial charge in [-0.25, -0.2) is 0 Å². The number of amides is 1. The van der Waals surface area contributed by atoms with Crippen LogP contribution >= 0.6 is 11.8 Å². The molecule has 1 saturated carbocycles. The Morgan fingerprint density at radius 2 is 2.12 bits per heavy atom. The van der Waals surface area contributed by atoms with E-state index >= 15 is 0 Å². The number of ether oxygens (including phenoxy) is 1. The topological polar surface area (TPSA) is 106 Å². The van der Waals surface area contributed by atoms with Crippen molar-refractivity contribution in [2.75, 3.05) is 7.11 Å². The number of aromatic nitrogens is 3. The fraction of sp³-hybridized carbons (Fsp3) is 0.417. The molecule has 2 aromatic heterocycles. The number of nitriles is 1. The number of thioether (sulfide) groups is 1. The van der Waals surface area contributed by atoms with Gasteiger partial charge in [0.15, 0.2) is 11.0 Å². The molecule has 1 fully saturated rings. The van der Waals surface area contributed by atoms with Crippen LogP contribution in [-0.4, -0.2) is 38.6 Å². The molecule has 172 valence electrons. The summed E-state index contributed by atoms with van der Waals surface area (Å²) in [5.74, 6) is 1.96. The molecule has 1 aliphatic rings. The van der Waals surface area contributed by atoms with Gasteiger partial charge in [0.05, 0.1) is 31.2 Å². The van der Waals surface area contributed by atoms with Gasteiger partial charge in [-0.2, -0.15) is 5.26 Å². The molecular weight excluding hydrogens is 438 g/mol. The molecule has 0 radical (unpaired) electrons. The van der Waals surface area contributed by atoms with Crippen molar-refractivity contribution in [3.05, 3.63) is 48.4 Å². The highest BCUT2D eigenvalue weighted by Gasteiger charge is 2.35. The third kappa shape index (κ3) is 5.22. The SMILES string of the molecule is COc1cccc(-c2nnc(S[C@@H](C)C(=O)NC3(C#N)CCCCC3)n2Cc2ccco2)c1. The van der Waals surface area contributed by atoms with E-state index in [2.05, 4.69) is 21.6 Å². The number of carbonyl (C=O) groups is 1. The second kappa shape index (κ2) is 10.1. The molecular formula is C24H27N5O3S. The zero-order valence-electron chi connectivity index (χ0n) is 18.8. The highest BCUT2D eigenvalue weighted by atomic mass is 32.2. The average molecular weight is 466 g/mol. The van der Waals surface area contributed by atoms with E-state index in [1.165, 1.54) is 11.8 Å². The van der Waals surface area contributed by atoms with Gasteiger partial charge in [-0.05, 0) is 44.0 Å². The first kappa shape index (κ1) is 22.9. The zero-order chi connectivity index (χ0) is 23.3. The fourth-order valence-corrected chi connectivity index (χ4v) is 4.87. The molecule has 0 aliphatic heterocycles. The van der Waals surface area contributed by atoms with Gasteiger partial charge < -0.3 is 14.5 Å². The summed E-state index contributed by atoms with van der Waals surface area (Å²) in [6, 6.07) is 13.7. The van der Waals surface area contributed by atoms with Gasteiger partial charge in [0.25, 0.3) is 0 Å². The van der Waals surface area contributed by atoms with Gasteiger partial charge >= 0.3 is 0 Å². The van der Waals surface area contributed by atoms with Crippen LogP contribution < -0.4 is 10.1 Å². The predicted molar refractivity (Wildman–Crippen MR) is 125 cm³/mol. The van der Waals surface area contributed by atoms with E-state index in [-0.39, 0.29) is 5.91 Å². The van der Waals surface area contributed by atoms with Crippen molar-refractivity contribution in [3.8, 4) is 23.2 Å². The second-order valence-corrected chi connectivity index (χ2v) is 9.52. The normalized spacial score (nSPS) is 16.0. The first-order chi connectivity index (χ1) is 16.0. The molecule has 33 heavy (non-hydrogen) atoms. The molecule has 1 N–H and O–H groups in total. The maximum Gasteiger partial charge on any atom is 0.234 e. The number of nitrogens with one attached hydrogen (secondary N) is 1. The number of hydrogen-bond acceptors (Lipinski definition) is 7. The van der Waals surface area contributed by atoms with Crippen LogP contribution in [0, 0.1) is 11.3 Å². The van der Waals surface area contributed by atoms with Crippen molar-refractivity contribution in [1.82, 2.24) is 20.1 Å². The Balaban J connectivity index is 1.58. The summed E-state index contributed by atoms with van der Waals surface area (Å²) < 4.78 is 12.8. The zero-order valence-corrected chi connectivity index (χ0v) is 19.6. The maximum atomic E-state index is 13.0. The van der Waals surface area contributed by atoms with Crippen LogP contribution in [0.3, 0.4) is 0 Å². The van der Waals surface area contributed by atoms with Crippen LogP contribution in [0.25, 0.3) is 11.4 Å². The van der Waals surface area contributed by atoms with E-state index in [9.17, 15) is 10.1 Å². The Hall–Kier alpha value is -3.25. The number of furan rings is 1. The predicted octanol–water partition coefficient (Wildman–Crippen LogP) is 4.42. The molecule has 1 aromatic carbocycles. The molecule has 0 spiro atoms. The van der Waals surface area contributed by atoms with Crippen LogP contribution in [0.15, 0.2) is 52.2 Å². The van der Waals surface area contributed by atoms with Crippen LogP contribution in [0.2, 0.25) is 0 Å². The Labute approximate surface area is 197 Å². The van der Waals surface area contributed by atoms with E-state index in [0.29, 0.717) is 30.4 Å². The first-order valence-electron chi connectivity index (χ1n) is 11.0. The number of benzene rings is 1. The molecule has 4 rings (SSSR count). The first-order valence-corrected chi connectivity index (χ1v) is 11.9. The van der Waals surface area contributed by atoms with E-state index in [1.54, 1.807) is 13.4 Å². The van der Waals surface area contributed by atoms with Crippen LogP contribution in [0.5, 0.6) is 5.75 Å². The number of rotatable bonds is 8. The molecule has 2 heterocycles. The smallest absolute Gasteiger partial charge is 0.234 e. The largest absolute Gasteiger partial charge is 0.497 e. The Morgan fingerprint density at radius 3 is 2.82 bits per heavy atom. The number of carbonyl (C=O) groups excluding carboxylic acids is 1. The minimum Gasteiger partial charge on any atom is -0.497 e. The van der Waals surface area contributed by atoms with Crippen LogP contribution in [0.1, 0.15) is 44.8 Å². The van der Waals surface area contributed by atoms with E-state index < -0.39 is 10.8 Å². The van der Waals surface area contributed by atoms with Crippen molar-refractivity contribution in [2.24, 2.45) is 0 Å². The van der Waals surface area contributed by atoms with Gasteiger partial charge in [-0.3, -0.25) is 9.36 Å². The van der Waals surface area contributed by atoms with Gasteiger partial charge in [0, 0.05) is 5.56 Å². The van der Waals surface area contributed by atoms with Gasteiger partial charge in [-0.15, -0.1) is 10.2 Å². The lowest BCUT2D eigenvalue weighted by Crippen LogP contribution is -2.51. The standard InChI is InChI=1S/C24H27N5O3S/c1-17(22(30)26-24(16-25)11-4-3-5-12-24)33-23-28-27-21(18-8-6-9-19(14-18)31-2)29(23)15-20-10-7-13-32-20/h6-10,13-14,17H,3-5,11-12,15H2,1-2H3,(H,26,30)/t17-/m0/s1. The second-order valence-electron chi connectivity index (χ2n) is 8.21. The van der Waals surface area contributed by atoms with E-state index in [0.717, 1.165) is 36.3 Å². The summed E-state index contributed by atoms with van der Waals surface area (Å²) in [7, 11) is 1.62. The molecule has 9 heteroatoms. The van der Waals surface area contributed by atoms with Crippen molar-refractivity contribution in [3.63, 3.8) is 0 Å². The van der Waals surface area contributed by atoms with E-state index in [1.807, 2.05) is 47.9 Å². The van der Waals surface area contributed by atoms with Crippen LogP contribution in [0.4, 0.5) is 0 Å². The lowest BCUT2D eigenvalue weighted by Gasteiger charge is -2.32. The highest BCUT2D eigenvalue weighted by molar-refractivity contribution is 8.00. The van der Waals surface area contributed by atoms with E-state index in [4.69, 9.17) is 9.15 Å². The molecule has 1 aliphatic carbocycles. The molecule has 1 amide bonds. The number of nitrogens with zero attached hydrogens (tertiary/aromatic N) is 4. The molecule has 0 saturated heterocycles. The summed E-state index contributed by atoms with van der Waals surface area (Å²) in [5.41, 5.74) is 0.0839. The third-order valence-corrected chi connectivity index (χ3v) is 6.95. The van der Waals surface area contributed by atoms with Gasteiger partial charge in [0.1, 0.15) is 17.0 Å². The number of hydrogen-bond donors (Lipinski definition) is 1. The molecule has 0 unspecified atom stereocenters. The van der Waals surface area contributed by atoms with Crippen molar-refractivity contribution < 1.29 is 13.9 Å². The molecule has 0 bridgehead atoms. The lowest BCUT2D eigenvalue weighted by atomic mass is 9.83. The summed E-state index contributed by atoms with van der Waals surface area (Å²) in [6.45, 7) is 2.25. The highest BCUT2D eigenvalue weighted by Crippen LogP contribution is 2.31. The maximum absolute atomic E-state index is 13.0. The summed E-state index contributed by atoms with van der Waals surface area (Å²) in [6.07, 6.45) is 6.03. The minimum atomic E-state index is -0.766. The Kier molecular flexibility index (Phi) is 7.04. The van der Waals surface area contributed by atoms with Crippen LogP contribution in [-0.2, 0) is 11.3 Å². The van der Waals surface area contributed by atoms with Gasteiger partial charge in [0.2, 0.25) is 5.91 Å². The number of methoxy groups -OCH3 is 1. The van der Waals surface area contributed by atoms with Gasteiger partial charge in [-0.1, -0.05) is 43.2 Å². The van der Waals surface area contributed by atoms with Crippen molar-refractivity contribution >= 4 is 17.7 Å². The fourth-order valence-electron chi connectivity index (χ4n) is 4.02. The lowest BCUT2D eigenvalue weighted by molar-refractivity contribution is -0.121. The van der Waals surface area contributed by atoms with Crippen molar-refractivity contribution in [2.45, 2.75) is 61.5 Å². The monoisotopic (exact) mass is 465 g/mol. The summed E-state index contributed by atoms with van der Waals surface area (Å²) in [5, 5.41) is 21.7. The third-order valence-electron chi connectivity index (χ3n) is 5.87. The summed E-state index contributed by atoms with van der Waals surface area (Å²) >= 11 is 1.32. The Bertz CT molecular complexity index is 1130. The molecule has 1 atom stereocenters. The average Bonchev–Trinajstić information content (AvgIpc) is 3.50. The summed E-state index contributed by atoms with van der Waals surface area (Å²) in [4.78, 5) is 13.0. The molecule has 8 nitrogen and oxygen atoms in total. The Morgan fingerprint density at radius 1 is 1.30 bits per heavy atom. The minimum absolute atomic E-state index is 0.168.